The number of halogens is 1. The predicted molar refractivity (Wildman–Crippen MR) is 82.5 cm³/mol. The molecule has 0 atom stereocenters. The standard InChI is InChI=1S/C16H19FN4/c17-14-3-1-13(2-4-14)12-20-7-9-21(10-8-20)16-6-5-15(18)11-19-16/h1-6,11H,7-10,12,18H2. The zero-order valence-corrected chi connectivity index (χ0v) is 11.9. The van der Waals surface area contributed by atoms with Gasteiger partial charge in [0.05, 0.1) is 11.9 Å². The number of hydrogen-bond donors (Lipinski definition) is 1. The Bertz CT molecular complexity index is 574. The third-order valence-corrected chi connectivity index (χ3v) is 3.79. The van der Waals surface area contributed by atoms with Crippen LogP contribution in [-0.2, 0) is 6.54 Å². The van der Waals surface area contributed by atoms with E-state index in [0.29, 0.717) is 5.69 Å². The highest BCUT2D eigenvalue weighted by Crippen LogP contribution is 2.16. The predicted octanol–water partition coefficient (Wildman–Crippen LogP) is 2.13. The topological polar surface area (TPSA) is 45.4 Å². The maximum absolute atomic E-state index is 12.9. The molecule has 1 fully saturated rings. The first kappa shape index (κ1) is 13.8. The maximum atomic E-state index is 12.9. The van der Waals surface area contributed by atoms with Gasteiger partial charge in [0, 0.05) is 32.7 Å². The van der Waals surface area contributed by atoms with E-state index in [4.69, 9.17) is 5.73 Å². The SMILES string of the molecule is Nc1ccc(N2CCN(Cc3ccc(F)cc3)CC2)nc1. The minimum Gasteiger partial charge on any atom is -0.397 e. The van der Waals surface area contributed by atoms with Gasteiger partial charge >= 0.3 is 0 Å². The summed E-state index contributed by atoms with van der Waals surface area (Å²) < 4.78 is 12.9. The van der Waals surface area contributed by atoms with E-state index < -0.39 is 0 Å². The number of rotatable bonds is 3. The molecule has 5 heteroatoms. The lowest BCUT2D eigenvalue weighted by Gasteiger charge is -2.35. The Hall–Kier alpha value is -2.14. The van der Waals surface area contributed by atoms with Crippen molar-refractivity contribution in [2.75, 3.05) is 36.8 Å². The van der Waals surface area contributed by atoms with Crippen LogP contribution in [-0.4, -0.2) is 36.1 Å². The number of anilines is 2. The number of piperazine rings is 1. The molecule has 1 aliphatic rings. The van der Waals surface area contributed by atoms with Gasteiger partial charge < -0.3 is 10.6 Å². The first-order valence-electron chi connectivity index (χ1n) is 7.14. The van der Waals surface area contributed by atoms with Crippen LogP contribution in [0.25, 0.3) is 0 Å². The van der Waals surface area contributed by atoms with Crippen LogP contribution in [0.5, 0.6) is 0 Å². The van der Waals surface area contributed by atoms with E-state index in [9.17, 15) is 4.39 Å². The van der Waals surface area contributed by atoms with Gasteiger partial charge in [0.15, 0.2) is 0 Å². The van der Waals surface area contributed by atoms with Gasteiger partial charge in [-0.2, -0.15) is 0 Å². The fraction of sp³-hybridized carbons (Fsp3) is 0.312. The van der Waals surface area contributed by atoms with E-state index in [1.807, 2.05) is 24.3 Å². The van der Waals surface area contributed by atoms with Crippen molar-refractivity contribution in [2.24, 2.45) is 0 Å². The van der Waals surface area contributed by atoms with Crippen molar-refractivity contribution < 1.29 is 4.39 Å². The molecule has 2 N–H and O–H groups in total. The lowest BCUT2D eigenvalue weighted by atomic mass is 10.2. The molecule has 1 saturated heterocycles. The molecule has 2 aromatic rings. The summed E-state index contributed by atoms with van der Waals surface area (Å²) in [5.41, 5.74) is 7.50. The van der Waals surface area contributed by atoms with E-state index in [0.717, 1.165) is 44.1 Å². The van der Waals surface area contributed by atoms with Gasteiger partial charge in [-0.3, -0.25) is 4.90 Å². The molecule has 3 rings (SSSR count). The molecule has 1 aliphatic heterocycles. The van der Waals surface area contributed by atoms with Crippen LogP contribution in [0.3, 0.4) is 0 Å². The van der Waals surface area contributed by atoms with Gasteiger partial charge in [-0.05, 0) is 29.8 Å². The lowest BCUT2D eigenvalue weighted by Crippen LogP contribution is -2.46. The minimum atomic E-state index is -0.182. The van der Waals surface area contributed by atoms with Gasteiger partial charge in [0.25, 0.3) is 0 Å². The van der Waals surface area contributed by atoms with Gasteiger partial charge in [-0.15, -0.1) is 0 Å². The van der Waals surface area contributed by atoms with Gasteiger partial charge in [0.1, 0.15) is 11.6 Å². The van der Waals surface area contributed by atoms with Crippen molar-refractivity contribution in [2.45, 2.75) is 6.54 Å². The Morgan fingerprint density at radius 2 is 1.71 bits per heavy atom. The number of hydrogen-bond acceptors (Lipinski definition) is 4. The molecule has 2 heterocycles. The van der Waals surface area contributed by atoms with Crippen molar-refractivity contribution in [3.05, 3.63) is 54.0 Å². The molecule has 1 aromatic carbocycles. The van der Waals surface area contributed by atoms with Gasteiger partial charge in [0.2, 0.25) is 0 Å². The van der Waals surface area contributed by atoms with Crippen molar-refractivity contribution in [1.82, 2.24) is 9.88 Å². The molecule has 4 nitrogen and oxygen atoms in total. The maximum Gasteiger partial charge on any atom is 0.128 e. The molecule has 0 spiro atoms. The Morgan fingerprint density at radius 1 is 1.00 bits per heavy atom. The van der Waals surface area contributed by atoms with Gasteiger partial charge in [-0.25, -0.2) is 9.37 Å². The van der Waals surface area contributed by atoms with Crippen molar-refractivity contribution >= 4 is 11.5 Å². The summed E-state index contributed by atoms with van der Waals surface area (Å²) in [6, 6.07) is 10.6. The second-order valence-corrected chi connectivity index (χ2v) is 5.34. The molecule has 0 amide bonds. The fourth-order valence-corrected chi connectivity index (χ4v) is 2.57. The Kier molecular flexibility index (Phi) is 4.01. The lowest BCUT2D eigenvalue weighted by molar-refractivity contribution is 0.249. The first-order chi connectivity index (χ1) is 10.2. The molecule has 1 aromatic heterocycles. The summed E-state index contributed by atoms with van der Waals surface area (Å²) in [4.78, 5) is 9.00. The molecular formula is C16H19FN4. The largest absolute Gasteiger partial charge is 0.397 e. The minimum absolute atomic E-state index is 0.182. The Labute approximate surface area is 124 Å². The Balaban J connectivity index is 1.55. The molecular weight excluding hydrogens is 267 g/mol. The average Bonchev–Trinajstić information content (AvgIpc) is 2.51. The number of pyridine rings is 1. The summed E-state index contributed by atoms with van der Waals surface area (Å²) in [6.45, 7) is 4.70. The van der Waals surface area contributed by atoms with E-state index in [1.165, 1.54) is 12.1 Å². The van der Waals surface area contributed by atoms with Crippen molar-refractivity contribution in [3.8, 4) is 0 Å². The highest BCUT2D eigenvalue weighted by atomic mass is 19.1. The average molecular weight is 286 g/mol. The third kappa shape index (κ3) is 3.49. The summed E-state index contributed by atoms with van der Waals surface area (Å²) in [7, 11) is 0. The second kappa shape index (κ2) is 6.10. The van der Waals surface area contributed by atoms with Crippen LogP contribution >= 0.6 is 0 Å². The zero-order chi connectivity index (χ0) is 14.7. The number of nitrogens with zero attached hydrogens (tertiary/aromatic N) is 3. The van der Waals surface area contributed by atoms with Crippen LogP contribution in [0.1, 0.15) is 5.56 Å². The molecule has 0 aliphatic carbocycles. The molecule has 0 bridgehead atoms. The van der Waals surface area contributed by atoms with Gasteiger partial charge in [-0.1, -0.05) is 12.1 Å². The molecule has 0 unspecified atom stereocenters. The number of benzene rings is 1. The van der Waals surface area contributed by atoms with Crippen LogP contribution in [0.15, 0.2) is 42.6 Å². The molecule has 0 saturated carbocycles. The summed E-state index contributed by atoms with van der Waals surface area (Å²) in [5.74, 6) is 0.795. The molecule has 110 valence electrons. The van der Waals surface area contributed by atoms with Crippen LogP contribution in [0, 0.1) is 5.82 Å². The quantitative estimate of drug-likeness (QED) is 0.939. The van der Waals surface area contributed by atoms with Crippen LogP contribution < -0.4 is 10.6 Å². The van der Waals surface area contributed by atoms with E-state index >= 15 is 0 Å². The van der Waals surface area contributed by atoms with Crippen LogP contribution in [0.4, 0.5) is 15.9 Å². The number of nitrogens with two attached hydrogens (primary N) is 1. The van der Waals surface area contributed by atoms with E-state index in [2.05, 4.69) is 14.8 Å². The zero-order valence-electron chi connectivity index (χ0n) is 11.9. The number of nitrogen functional groups attached to an aromatic ring is 1. The summed E-state index contributed by atoms with van der Waals surface area (Å²) >= 11 is 0. The Morgan fingerprint density at radius 3 is 2.33 bits per heavy atom. The first-order valence-corrected chi connectivity index (χ1v) is 7.14. The summed E-state index contributed by atoms with van der Waals surface area (Å²) in [5, 5.41) is 0. The van der Waals surface area contributed by atoms with Crippen molar-refractivity contribution in [3.63, 3.8) is 0 Å². The fourth-order valence-electron chi connectivity index (χ4n) is 2.57. The van der Waals surface area contributed by atoms with E-state index in [-0.39, 0.29) is 5.82 Å². The van der Waals surface area contributed by atoms with E-state index in [1.54, 1.807) is 6.20 Å². The monoisotopic (exact) mass is 286 g/mol. The number of aromatic nitrogens is 1. The normalized spacial score (nSPS) is 16.1. The smallest absolute Gasteiger partial charge is 0.128 e. The van der Waals surface area contributed by atoms with Crippen LogP contribution in [0.2, 0.25) is 0 Å². The van der Waals surface area contributed by atoms with Crippen molar-refractivity contribution in [1.29, 1.82) is 0 Å². The molecule has 0 radical (unpaired) electrons. The third-order valence-electron chi connectivity index (χ3n) is 3.79. The molecule has 21 heavy (non-hydrogen) atoms. The summed E-state index contributed by atoms with van der Waals surface area (Å²) in [6.07, 6.45) is 1.69. The second-order valence-electron chi connectivity index (χ2n) is 5.34. The highest BCUT2D eigenvalue weighted by molar-refractivity contribution is 5.46. The highest BCUT2D eigenvalue weighted by Gasteiger charge is 2.17.